The lowest BCUT2D eigenvalue weighted by molar-refractivity contribution is -0.255. The SMILES string of the molecule is O=C([O-])c1ccccc1/C=N\n1cn[nH]c1=S. The molecule has 0 spiro atoms. The predicted molar refractivity (Wildman–Crippen MR) is 61.2 cm³/mol. The normalized spacial score (nSPS) is 10.8. The van der Waals surface area contributed by atoms with Crippen LogP contribution >= 0.6 is 12.2 Å². The second kappa shape index (κ2) is 4.71. The summed E-state index contributed by atoms with van der Waals surface area (Å²) >= 11 is 4.89. The summed E-state index contributed by atoms with van der Waals surface area (Å²) in [5, 5.41) is 21.0. The van der Waals surface area contributed by atoms with E-state index in [1.54, 1.807) is 18.2 Å². The summed E-state index contributed by atoms with van der Waals surface area (Å²) in [6.07, 6.45) is 2.77. The minimum Gasteiger partial charge on any atom is -0.545 e. The molecule has 0 aliphatic rings. The van der Waals surface area contributed by atoms with Crippen molar-refractivity contribution in [3.63, 3.8) is 0 Å². The van der Waals surface area contributed by atoms with Gasteiger partial charge in [-0.2, -0.15) is 14.9 Å². The highest BCUT2D eigenvalue weighted by atomic mass is 32.1. The van der Waals surface area contributed by atoms with Gasteiger partial charge in [0.15, 0.2) is 0 Å². The Morgan fingerprint density at radius 3 is 2.94 bits per heavy atom. The molecule has 6 nitrogen and oxygen atoms in total. The van der Waals surface area contributed by atoms with Crippen LogP contribution in [-0.4, -0.2) is 27.1 Å². The third-order valence-corrected chi connectivity index (χ3v) is 2.32. The molecule has 1 heterocycles. The molecule has 0 fully saturated rings. The highest BCUT2D eigenvalue weighted by molar-refractivity contribution is 7.71. The number of carbonyl (C=O) groups excluding carboxylic acids is 1. The van der Waals surface area contributed by atoms with Gasteiger partial charge in [0, 0.05) is 11.1 Å². The number of carboxylic acids is 1. The van der Waals surface area contributed by atoms with Crippen molar-refractivity contribution >= 4 is 24.4 Å². The molecule has 1 aromatic carbocycles. The first-order valence-corrected chi connectivity index (χ1v) is 5.06. The van der Waals surface area contributed by atoms with Crippen LogP contribution in [-0.2, 0) is 0 Å². The van der Waals surface area contributed by atoms with Gasteiger partial charge in [-0.15, -0.1) is 0 Å². The van der Waals surface area contributed by atoms with Gasteiger partial charge in [0.05, 0.1) is 12.2 Å². The van der Waals surface area contributed by atoms with Crippen molar-refractivity contribution in [3.05, 3.63) is 46.5 Å². The van der Waals surface area contributed by atoms with E-state index in [1.807, 2.05) is 0 Å². The van der Waals surface area contributed by atoms with Crippen LogP contribution in [0.25, 0.3) is 0 Å². The number of benzene rings is 1. The molecule has 0 saturated heterocycles. The number of aromatic amines is 1. The second-order valence-corrected chi connectivity index (χ2v) is 3.51. The quantitative estimate of drug-likeness (QED) is 0.619. The Morgan fingerprint density at radius 2 is 2.29 bits per heavy atom. The van der Waals surface area contributed by atoms with Gasteiger partial charge in [0.25, 0.3) is 0 Å². The van der Waals surface area contributed by atoms with E-state index in [2.05, 4.69) is 15.3 Å². The first-order valence-electron chi connectivity index (χ1n) is 4.65. The third kappa shape index (κ3) is 2.45. The minimum atomic E-state index is -1.25. The van der Waals surface area contributed by atoms with Crippen LogP contribution in [0.1, 0.15) is 15.9 Å². The number of rotatable bonds is 3. The summed E-state index contributed by atoms with van der Waals surface area (Å²) in [6.45, 7) is 0. The lowest BCUT2D eigenvalue weighted by Gasteiger charge is -2.05. The van der Waals surface area contributed by atoms with E-state index in [0.29, 0.717) is 10.3 Å². The maximum absolute atomic E-state index is 10.8. The first-order chi connectivity index (χ1) is 8.18. The standard InChI is InChI=1S/C10H8N4O2S/c15-9(16)8-4-2-1-3-7(8)5-12-14-6-11-13-10(14)17/h1-6H,(H,13,17)(H,15,16)/p-1/b12-5-. The molecule has 1 aromatic heterocycles. The molecule has 0 aliphatic heterocycles. The molecule has 0 unspecified atom stereocenters. The number of hydrogen-bond acceptors (Lipinski definition) is 5. The molecule has 2 rings (SSSR count). The number of nitrogens with one attached hydrogen (secondary N) is 1. The van der Waals surface area contributed by atoms with Crippen LogP contribution in [0.5, 0.6) is 0 Å². The topological polar surface area (TPSA) is 86.1 Å². The fourth-order valence-electron chi connectivity index (χ4n) is 1.24. The predicted octanol–water partition coefficient (Wildman–Crippen LogP) is 0.186. The Kier molecular flexibility index (Phi) is 3.10. The van der Waals surface area contributed by atoms with Gasteiger partial charge in [-0.1, -0.05) is 24.3 Å². The van der Waals surface area contributed by atoms with E-state index in [4.69, 9.17) is 12.2 Å². The smallest absolute Gasteiger partial charge is 0.216 e. The number of carbonyl (C=O) groups is 1. The van der Waals surface area contributed by atoms with Crippen molar-refractivity contribution in [1.82, 2.24) is 14.9 Å². The van der Waals surface area contributed by atoms with Crippen molar-refractivity contribution in [2.24, 2.45) is 5.10 Å². The van der Waals surface area contributed by atoms with Crippen molar-refractivity contribution in [2.75, 3.05) is 0 Å². The maximum Gasteiger partial charge on any atom is 0.216 e. The van der Waals surface area contributed by atoms with Gasteiger partial charge in [0.2, 0.25) is 4.77 Å². The number of aromatic carboxylic acids is 1. The summed E-state index contributed by atoms with van der Waals surface area (Å²) < 4.78 is 1.65. The number of hydrogen-bond donors (Lipinski definition) is 1. The first kappa shape index (κ1) is 11.2. The van der Waals surface area contributed by atoms with Crippen LogP contribution in [0.15, 0.2) is 35.7 Å². The van der Waals surface area contributed by atoms with E-state index in [-0.39, 0.29) is 5.56 Å². The van der Waals surface area contributed by atoms with Gasteiger partial charge in [-0.25, -0.2) is 0 Å². The average molecular weight is 247 g/mol. The molecule has 0 atom stereocenters. The average Bonchev–Trinajstić information content (AvgIpc) is 2.72. The molecular weight excluding hydrogens is 240 g/mol. The monoisotopic (exact) mass is 247 g/mol. The highest BCUT2D eigenvalue weighted by Gasteiger charge is 1.99. The summed E-state index contributed by atoms with van der Waals surface area (Å²) in [4.78, 5) is 10.8. The van der Waals surface area contributed by atoms with Crippen molar-refractivity contribution in [2.45, 2.75) is 0 Å². The lowest BCUT2D eigenvalue weighted by atomic mass is 10.1. The summed E-state index contributed by atoms with van der Waals surface area (Å²) in [5.41, 5.74) is 0.516. The number of H-pyrrole nitrogens is 1. The van der Waals surface area contributed by atoms with Crippen LogP contribution in [0.2, 0.25) is 0 Å². The summed E-state index contributed by atoms with van der Waals surface area (Å²) in [5.74, 6) is -1.25. The second-order valence-electron chi connectivity index (χ2n) is 3.13. The van der Waals surface area contributed by atoms with E-state index in [0.717, 1.165) is 0 Å². The van der Waals surface area contributed by atoms with E-state index in [9.17, 15) is 9.90 Å². The minimum absolute atomic E-state index is 0.0752. The van der Waals surface area contributed by atoms with E-state index in [1.165, 1.54) is 23.3 Å². The maximum atomic E-state index is 10.8. The van der Waals surface area contributed by atoms with Gasteiger partial charge in [-0.05, 0) is 12.2 Å². The van der Waals surface area contributed by atoms with Gasteiger partial charge in [0.1, 0.15) is 6.33 Å². The van der Waals surface area contributed by atoms with Gasteiger partial charge < -0.3 is 9.90 Å². The van der Waals surface area contributed by atoms with Crippen LogP contribution in [0, 0.1) is 4.77 Å². The van der Waals surface area contributed by atoms with Crippen molar-refractivity contribution < 1.29 is 9.90 Å². The molecule has 86 valence electrons. The fourth-order valence-corrected chi connectivity index (χ4v) is 1.39. The Bertz CT molecular complexity index is 629. The molecule has 17 heavy (non-hydrogen) atoms. The van der Waals surface area contributed by atoms with Gasteiger partial charge >= 0.3 is 0 Å². The van der Waals surface area contributed by atoms with Gasteiger partial charge in [-0.3, -0.25) is 5.10 Å². The Hall–Kier alpha value is -2.28. The van der Waals surface area contributed by atoms with Crippen LogP contribution < -0.4 is 5.11 Å². The van der Waals surface area contributed by atoms with E-state index >= 15 is 0 Å². The van der Waals surface area contributed by atoms with Crippen molar-refractivity contribution in [1.29, 1.82) is 0 Å². The zero-order chi connectivity index (χ0) is 12.3. The Morgan fingerprint density at radius 1 is 1.53 bits per heavy atom. The lowest BCUT2D eigenvalue weighted by Crippen LogP contribution is -2.23. The number of carboxylic acid groups (broad SMARTS) is 1. The third-order valence-electron chi connectivity index (χ3n) is 2.04. The Labute approximate surface area is 101 Å². The zero-order valence-corrected chi connectivity index (χ0v) is 9.35. The molecule has 0 amide bonds. The molecule has 0 radical (unpaired) electrons. The van der Waals surface area contributed by atoms with Crippen molar-refractivity contribution in [3.8, 4) is 0 Å². The number of aromatic nitrogens is 3. The molecule has 0 aliphatic carbocycles. The molecular formula is C10H7N4O2S-. The summed E-state index contributed by atoms with van der Waals surface area (Å²) in [7, 11) is 0. The largest absolute Gasteiger partial charge is 0.545 e. The summed E-state index contributed by atoms with van der Waals surface area (Å²) in [6, 6.07) is 6.40. The molecule has 0 bridgehead atoms. The molecule has 2 aromatic rings. The molecule has 0 saturated carbocycles. The highest BCUT2D eigenvalue weighted by Crippen LogP contribution is 2.05. The van der Waals surface area contributed by atoms with Crippen LogP contribution in [0.3, 0.4) is 0 Å². The molecule has 7 heteroatoms. The fraction of sp³-hybridized carbons (Fsp3) is 0. The molecule has 1 N–H and O–H groups in total. The Balaban J connectivity index is 2.37. The van der Waals surface area contributed by atoms with E-state index < -0.39 is 5.97 Å². The number of nitrogens with zero attached hydrogens (tertiary/aromatic N) is 3. The van der Waals surface area contributed by atoms with Crippen LogP contribution in [0.4, 0.5) is 0 Å². The zero-order valence-electron chi connectivity index (χ0n) is 8.53.